The van der Waals surface area contributed by atoms with Crippen LogP contribution in [0.4, 0.5) is 5.69 Å². The zero-order chi connectivity index (χ0) is 15.3. The van der Waals surface area contributed by atoms with Crippen molar-refractivity contribution < 1.29 is 14.6 Å². The summed E-state index contributed by atoms with van der Waals surface area (Å²) in [5.74, 6) is 0.633. The molecule has 1 amide bonds. The van der Waals surface area contributed by atoms with Crippen LogP contribution in [0.15, 0.2) is 18.2 Å². The Morgan fingerprint density at radius 1 is 1.52 bits per heavy atom. The number of piperidine rings is 1. The van der Waals surface area contributed by atoms with Crippen LogP contribution in [0.1, 0.15) is 32.6 Å². The van der Waals surface area contributed by atoms with Crippen molar-refractivity contribution in [3.8, 4) is 11.5 Å². The molecule has 1 aliphatic heterocycles. The van der Waals surface area contributed by atoms with Crippen LogP contribution < -0.4 is 15.4 Å². The van der Waals surface area contributed by atoms with Gasteiger partial charge in [0.15, 0.2) is 0 Å². The molecular formula is C16H24N2O3. The summed E-state index contributed by atoms with van der Waals surface area (Å²) in [6.07, 6.45) is 3.68. The smallest absolute Gasteiger partial charge is 0.231 e. The van der Waals surface area contributed by atoms with Gasteiger partial charge >= 0.3 is 0 Å². The third-order valence-electron chi connectivity index (χ3n) is 4.13. The lowest BCUT2D eigenvalue weighted by atomic mass is 9.76. The minimum Gasteiger partial charge on any atom is -0.506 e. The molecule has 1 heterocycles. The number of hydrogen-bond acceptors (Lipinski definition) is 4. The molecule has 0 spiro atoms. The number of amides is 1. The molecule has 1 aromatic carbocycles. The third-order valence-corrected chi connectivity index (χ3v) is 4.13. The van der Waals surface area contributed by atoms with Crippen LogP contribution >= 0.6 is 0 Å². The van der Waals surface area contributed by atoms with E-state index in [1.54, 1.807) is 19.2 Å². The molecule has 0 saturated carbocycles. The molecule has 116 valence electrons. The lowest BCUT2D eigenvalue weighted by Crippen LogP contribution is -2.48. The fourth-order valence-corrected chi connectivity index (χ4v) is 2.96. The Morgan fingerprint density at radius 2 is 2.33 bits per heavy atom. The molecule has 0 aromatic heterocycles. The van der Waals surface area contributed by atoms with Gasteiger partial charge in [0.25, 0.3) is 0 Å². The van der Waals surface area contributed by atoms with Crippen LogP contribution in [0.25, 0.3) is 0 Å². The van der Waals surface area contributed by atoms with Crippen LogP contribution in [0, 0.1) is 5.41 Å². The summed E-state index contributed by atoms with van der Waals surface area (Å²) in [7, 11) is 1.56. The van der Waals surface area contributed by atoms with Gasteiger partial charge in [0.2, 0.25) is 5.91 Å². The standard InChI is InChI=1S/C16H24N2O3/c1-3-7-16(8-4-9-17-11-16)15(20)18-13-10-12(21-2)5-6-14(13)19/h5-6,10,17,19H,3-4,7-9,11H2,1-2H3,(H,18,20). The van der Waals surface area contributed by atoms with Crippen molar-refractivity contribution in [2.75, 3.05) is 25.5 Å². The molecule has 1 aromatic rings. The van der Waals surface area contributed by atoms with Gasteiger partial charge in [-0.1, -0.05) is 13.3 Å². The lowest BCUT2D eigenvalue weighted by molar-refractivity contribution is -0.127. The number of hydrogen-bond donors (Lipinski definition) is 3. The highest BCUT2D eigenvalue weighted by Crippen LogP contribution is 2.35. The molecule has 1 atom stereocenters. The number of methoxy groups -OCH3 is 1. The van der Waals surface area contributed by atoms with Crippen molar-refractivity contribution in [1.29, 1.82) is 0 Å². The summed E-state index contributed by atoms with van der Waals surface area (Å²) in [6, 6.07) is 4.83. The van der Waals surface area contributed by atoms with Crippen molar-refractivity contribution in [2.24, 2.45) is 5.41 Å². The van der Waals surface area contributed by atoms with Crippen LogP contribution in [-0.4, -0.2) is 31.2 Å². The first-order valence-electron chi connectivity index (χ1n) is 7.50. The Balaban J connectivity index is 2.18. The predicted octanol–water partition coefficient (Wildman–Crippen LogP) is 2.51. The van der Waals surface area contributed by atoms with Crippen LogP contribution in [0.2, 0.25) is 0 Å². The van der Waals surface area contributed by atoms with Gasteiger partial charge in [-0.15, -0.1) is 0 Å². The van der Waals surface area contributed by atoms with Gasteiger partial charge in [-0.25, -0.2) is 0 Å². The van der Waals surface area contributed by atoms with Crippen molar-refractivity contribution >= 4 is 11.6 Å². The first-order valence-corrected chi connectivity index (χ1v) is 7.50. The average molecular weight is 292 g/mol. The quantitative estimate of drug-likeness (QED) is 0.729. The van der Waals surface area contributed by atoms with E-state index >= 15 is 0 Å². The second-order valence-corrected chi connectivity index (χ2v) is 5.65. The van der Waals surface area contributed by atoms with Gasteiger partial charge in [0, 0.05) is 12.6 Å². The molecule has 2 rings (SSSR count). The van der Waals surface area contributed by atoms with Gasteiger partial charge in [-0.3, -0.25) is 4.79 Å². The Morgan fingerprint density at radius 3 is 2.95 bits per heavy atom. The van der Waals surface area contributed by atoms with E-state index in [4.69, 9.17) is 4.74 Å². The van der Waals surface area contributed by atoms with E-state index in [2.05, 4.69) is 17.6 Å². The molecule has 21 heavy (non-hydrogen) atoms. The van der Waals surface area contributed by atoms with Crippen molar-refractivity contribution in [1.82, 2.24) is 5.32 Å². The molecule has 0 aliphatic carbocycles. The van der Waals surface area contributed by atoms with E-state index in [1.165, 1.54) is 6.07 Å². The molecule has 1 unspecified atom stereocenters. The highest BCUT2D eigenvalue weighted by atomic mass is 16.5. The lowest BCUT2D eigenvalue weighted by Gasteiger charge is -2.36. The van der Waals surface area contributed by atoms with E-state index in [0.717, 1.165) is 32.2 Å². The number of benzene rings is 1. The van der Waals surface area contributed by atoms with Crippen LogP contribution in [0.5, 0.6) is 11.5 Å². The summed E-state index contributed by atoms with van der Waals surface area (Å²) >= 11 is 0. The van der Waals surface area contributed by atoms with Crippen molar-refractivity contribution in [3.63, 3.8) is 0 Å². The number of carbonyl (C=O) groups excluding carboxylic acids is 1. The number of ether oxygens (including phenoxy) is 1. The highest BCUT2D eigenvalue weighted by molar-refractivity contribution is 5.97. The molecular weight excluding hydrogens is 268 g/mol. The predicted molar refractivity (Wildman–Crippen MR) is 82.7 cm³/mol. The van der Waals surface area contributed by atoms with E-state index in [-0.39, 0.29) is 17.1 Å². The second kappa shape index (κ2) is 6.80. The highest BCUT2D eigenvalue weighted by Gasteiger charge is 2.38. The Labute approximate surface area is 125 Å². The summed E-state index contributed by atoms with van der Waals surface area (Å²) in [5, 5.41) is 16.1. The first-order chi connectivity index (χ1) is 10.1. The topological polar surface area (TPSA) is 70.6 Å². The number of rotatable bonds is 5. The Bertz CT molecular complexity index is 491. The largest absolute Gasteiger partial charge is 0.506 e. The summed E-state index contributed by atoms with van der Waals surface area (Å²) in [4.78, 5) is 12.7. The third kappa shape index (κ3) is 3.47. The minimum absolute atomic E-state index is 0.0277. The number of nitrogens with one attached hydrogen (secondary N) is 2. The van der Waals surface area contributed by atoms with Gasteiger partial charge in [0.1, 0.15) is 11.5 Å². The van der Waals surface area contributed by atoms with Crippen LogP contribution in [-0.2, 0) is 4.79 Å². The normalized spacial score (nSPS) is 21.8. The van der Waals surface area contributed by atoms with E-state index in [9.17, 15) is 9.90 Å². The number of phenolic OH excluding ortho intramolecular Hbond substituents is 1. The minimum atomic E-state index is -0.386. The van der Waals surface area contributed by atoms with E-state index < -0.39 is 0 Å². The molecule has 5 heteroatoms. The first kappa shape index (κ1) is 15.6. The maximum atomic E-state index is 12.7. The maximum absolute atomic E-state index is 12.7. The average Bonchev–Trinajstić information content (AvgIpc) is 2.50. The van der Waals surface area contributed by atoms with E-state index in [1.807, 2.05) is 0 Å². The number of aromatic hydroxyl groups is 1. The molecule has 1 aliphatic rings. The Hall–Kier alpha value is -1.75. The van der Waals surface area contributed by atoms with Crippen LogP contribution in [0.3, 0.4) is 0 Å². The van der Waals surface area contributed by atoms with Gasteiger partial charge in [0.05, 0.1) is 18.2 Å². The van der Waals surface area contributed by atoms with Crippen molar-refractivity contribution in [3.05, 3.63) is 18.2 Å². The summed E-state index contributed by atoms with van der Waals surface area (Å²) in [6.45, 7) is 3.74. The summed E-state index contributed by atoms with van der Waals surface area (Å²) in [5.41, 5.74) is 0.0168. The van der Waals surface area contributed by atoms with Gasteiger partial charge in [-0.05, 0) is 37.9 Å². The monoisotopic (exact) mass is 292 g/mol. The fourth-order valence-electron chi connectivity index (χ4n) is 2.96. The molecule has 1 saturated heterocycles. The zero-order valence-electron chi connectivity index (χ0n) is 12.7. The number of carbonyl (C=O) groups is 1. The molecule has 1 fully saturated rings. The maximum Gasteiger partial charge on any atom is 0.231 e. The SMILES string of the molecule is CCCC1(C(=O)Nc2cc(OC)ccc2O)CCCNC1. The number of phenols is 1. The molecule has 0 bridgehead atoms. The summed E-state index contributed by atoms with van der Waals surface area (Å²) < 4.78 is 5.13. The molecule has 0 radical (unpaired) electrons. The van der Waals surface area contributed by atoms with Gasteiger partial charge in [-0.2, -0.15) is 0 Å². The molecule has 5 nitrogen and oxygen atoms in total. The number of anilines is 1. The van der Waals surface area contributed by atoms with Crippen molar-refractivity contribution in [2.45, 2.75) is 32.6 Å². The van der Waals surface area contributed by atoms with Gasteiger partial charge < -0.3 is 20.5 Å². The fraction of sp³-hybridized carbons (Fsp3) is 0.562. The Kier molecular flexibility index (Phi) is 5.07. The second-order valence-electron chi connectivity index (χ2n) is 5.65. The zero-order valence-corrected chi connectivity index (χ0v) is 12.7. The molecule has 3 N–H and O–H groups in total. The van der Waals surface area contributed by atoms with E-state index in [0.29, 0.717) is 18.0 Å².